The number of rotatable bonds is 7. The van der Waals surface area contributed by atoms with Crippen LogP contribution in [0.2, 0.25) is 0 Å². The molecule has 1 unspecified atom stereocenters. The normalized spacial score (nSPS) is 22.6. The Morgan fingerprint density at radius 3 is 2.56 bits per heavy atom. The van der Waals surface area contributed by atoms with Gasteiger partial charge in [0.05, 0.1) is 11.8 Å². The van der Waals surface area contributed by atoms with Crippen molar-refractivity contribution < 1.29 is 8.42 Å². The summed E-state index contributed by atoms with van der Waals surface area (Å²) in [7, 11) is 0.756. The summed E-state index contributed by atoms with van der Waals surface area (Å²) in [5.41, 5.74) is -0.0958. The van der Waals surface area contributed by atoms with Crippen LogP contribution in [0.3, 0.4) is 0 Å². The van der Waals surface area contributed by atoms with Crippen LogP contribution in [0.15, 0.2) is 4.79 Å². The molecule has 1 saturated heterocycles. The first-order valence-electron chi connectivity index (χ1n) is 9.15. The van der Waals surface area contributed by atoms with Crippen LogP contribution in [0.25, 0.3) is 0 Å². The molecule has 1 atom stereocenters. The number of aromatic nitrogens is 3. The maximum atomic E-state index is 12.6. The highest BCUT2D eigenvalue weighted by atomic mass is 32.2. The van der Waals surface area contributed by atoms with E-state index in [1.807, 2.05) is 25.9 Å². The minimum Gasteiger partial charge on any atom is -0.308 e. The van der Waals surface area contributed by atoms with E-state index in [2.05, 4.69) is 5.10 Å². The summed E-state index contributed by atoms with van der Waals surface area (Å²) in [5, 5.41) is 4.39. The van der Waals surface area contributed by atoms with E-state index in [9.17, 15) is 13.2 Å². The van der Waals surface area contributed by atoms with Crippen LogP contribution in [0.5, 0.6) is 0 Å². The minimum atomic E-state index is -3.17. The number of piperidine rings is 1. The van der Waals surface area contributed by atoms with Gasteiger partial charge in [-0.15, -0.1) is 0 Å². The van der Waals surface area contributed by atoms with Gasteiger partial charge in [0.15, 0.2) is 0 Å². The van der Waals surface area contributed by atoms with Crippen molar-refractivity contribution in [3.63, 3.8) is 0 Å². The molecule has 1 aromatic rings. The molecule has 3 rings (SSSR count). The Labute approximate surface area is 149 Å². The summed E-state index contributed by atoms with van der Waals surface area (Å²) in [5.74, 6) is 0.734. The lowest BCUT2D eigenvalue weighted by Crippen LogP contribution is -2.41. The third-order valence-electron chi connectivity index (χ3n) is 5.08. The molecular weight excluding hydrogens is 342 g/mol. The maximum absolute atomic E-state index is 12.6. The summed E-state index contributed by atoms with van der Waals surface area (Å²) in [4.78, 5) is 14.6. The zero-order chi connectivity index (χ0) is 18.2. The van der Waals surface area contributed by atoms with Gasteiger partial charge >= 0.3 is 5.69 Å². The van der Waals surface area contributed by atoms with Crippen LogP contribution in [0, 0.1) is 0 Å². The molecule has 1 aliphatic heterocycles. The van der Waals surface area contributed by atoms with Crippen molar-refractivity contribution in [1.29, 1.82) is 0 Å². The van der Waals surface area contributed by atoms with E-state index in [4.69, 9.17) is 0 Å². The van der Waals surface area contributed by atoms with Crippen molar-refractivity contribution >= 4 is 10.0 Å². The number of hydrogen-bond acceptors (Lipinski definition) is 5. The predicted molar refractivity (Wildman–Crippen MR) is 96.2 cm³/mol. The Hall–Kier alpha value is -1.19. The third kappa shape index (κ3) is 3.83. The molecule has 2 heterocycles. The van der Waals surface area contributed by atoms with Crippen molar-refractivity contribution in [3.05, 3.63) is 16.3 Å². The average molecular weight is 372 g/mol. The van der Waals surface area contributed by atoms with Crippen LogP contribution in [-0.4, -0.2) is 71.0 Å². The molecule has 25 heavy (non-hydrogen) atoms. The van der Waals surface area contributed by atoms with Gasteiger partial charge in [-0.2, -0.15) is 5.10 Å². The van der Waals surface area contributed by atoms with E-state index < -0.39 is 10.0 Å². The van der Waals surface area contributed by atoms with Gasteiger partial charge in [-0.1, -0.05) is 0 Å². The van der Waals surface area contributed by atoms with Gasteiger partial charge in [0.2, 0.25) is 10.0 Å². The monoisotopic (exact) mass is 371 g/mol. The quantitative estimate of drug-likeness (QED) is 0.689. The SMILES string of the molecule is CCn1c(C2CCCN(S(=O)(=O)C3CC3)C2)nn(CCN(C)C)c1=O. The first kappa shape index (κ1) is 18.6. The Morgan fingerprint density at radius 1 is 1.24 bits per heavy atom. The molecule has 0 radical (unpaired) electrons. The van der Waals surface area contributed by atoms with Crippen LogP contribution in [-0.2, 0) is 23.1 Å². The molecule has 0 aromatic carbocycles. The zero-order valence-corrected chi connectivity index (χ0v) is 16.2. The molecule has 0 amide bonds. The average Bonchev–Trinajstić information content (AvgIpc) is 3.38. The Morgan fingerprint density at radius 2 is 1.96 bits per heavy atom. The highest BCUT2D eigenvalue weighted by molar-refractivity contribution is 7.90. The van der Waals surface area contributed by atoms with Gasteiger partial charge in [-0.25, -0.2) is 22.2 Å². The predicted octanol–water partition coefficient (Wildman–Crippen LogP) is 0.298. The first-order chi connectivity index (χ1) is 11.8. The number of sulfonamides is 1. The zero-order valence-electron chi connectivity index (χ0n) is 15.4. The second kappa shape index (κ2) is 7.20. The van der Waals surface area contributed by atoms with E-state index in [1.165, 1.54) is 4.68 Å². The molecule has 142 valence electrons. The lowest BCUT2D eigenvalue weighted by Gasteiger charge is -2.31. The largest absolute Gasteiger partial charge is 0.345 e. The van der Waals surface area contributed by atoms with Crippen LogP contribution < -0.4 is 5.69 Å². The van der Waals surface area contributed by atoms with E-state index in [-0.39, 0.29) is 16.9 Å². The fourth-order valence-corrected chi connectivity index (χ4v) is 5.38. The number of nitrogens with zero attached hydrogens (tertiary/aromatic N) is 5. The van der Waals surface area contributed by atoms with E-state index in [0.717, 1.165) is 38.1 Å². The van der Waals surface area contributed by atoms with Gasteiger partial charge in [0.25, 0.3) is 0 Å². The van der Waals surface area contributed by atoms with Gasteiger partial charge in [-0.3, -0.25) is 4.57 Å². The summed E-state index contributed by atoms with van der Waals surface area (Å²) >= 11 is 0. The first-order valence-corrected chi connectivity index (χ1v) is 10.7. The molecule has 9 heteroatoms. The van der Waals surface area contributed by atoms with Crippen LogP contribution >= 0.6 is 0 Å². The summed E-state index contributed by atoms with van der Waals surface area (Å²) < 4.78 is 30.0. The standard InChI is InChI=1S/C16H29N5O3S/c1-4-20-15(17-21(16(20)22)11-10-18(2)3)13-6-5-9-19(12-13)25(23,24)14-7-8-14/h13-14H,4-12H2,1-3H3. The van der Waals surface area contributed by atoms with E-state index in [0.29, 0.717) is 26.2 Å². The summed E-state index contributed by atoms with van der Waals surface area (Å²) in [6.45, 7) is 4.82. The van der Waals surface area contributed by atoms with Crippen LogP contribution in [0.1, 0.15) is 44.3 Å². The minimum absolute atomic E-state index is 0.00414. The van der Waals surface area contributed by atoms with Crippen molar-refractivity contribution in [2.45, 2.75) is 56.9 Å². The van der Waals surface area contributed by atoms with Crippen LogP contribution in [0.4, 0.5) is 0 Å². The van der Waals surface area contributed by atoms with Crippen molar-refractivity contribution in [2.75, 3.05) is 33.7 Å². The number of likely N-dealkylation sites (N-methyl/N-ethyl adjacent to an activating group) is 1. The molecule has 2 fully saturated rings. The molecule has 0 spiro atoms. The summed E-state index contributed by atoms with van der Waals surface area (Å²) in [6.07, 6.45) is 3.25. The van der Waals surface area contributed by atoms with Crippen molar-refractivity contribution in [2.24, 2.45) is 0 Å². The smallest absolute Gasteiger partial charge is 0.308 e. The topological polar surface area (TPSA) is 80.4 Å². The molecule has 8 nitrogen and oxygen atoms in total. The highest BCUT2D eigenvalue weighted by Gasteiger charge is 2.42. The Bertz CT molecular complexity index is 763. The van der Waals surface area contributed by atoms with Gasteiger partial charge in [0.1, 0.15) is 5.82 Å². The molecule has 1 saturated carbocycles. The molecular formula is C16H29N5O3S. The van der Waals surface area contributed by atoms with Gasteiger partial charge in [-0.05, 0) is 46.7 Å². The number of hydrogen-bond donors (Lipinski definition) is 0. The third-order valence-corrected chi connectivity index (χ3v) is 7.45. The van der Waals surface area contributed by atoms with E-state index >= 15 is 0 Å². The van der Waals surface area contributed by atoms with Crippen molar-refractivity contribution in [3.8, 4) is 0 Å². The van der Waals surface area contributed by atoms with Gasteiger partial charge < -0.3 is 4.90 Å². The Kier molecular flexibility index (Phi) is 5.36. The van der Waals surface area contributed by atoms with E-state index in [1.54, 1.807) is 8.87 Å². The fourth-order valence-electron chi connectivity index (χ4n) is 3.46. The lowest BCUT2D eigenvalue weighted by molar-refractivity contribution is 0.303. The van der Waals surface area contributed by atoms with Crippen molar-refractivity contribution in [1.82, 2.24) is 23.6 Å². The Balaban J connectivity index is 1.82. The lowest BCUT2D eigenvalue weighted by atomic mass is 9.99. The molecule has 0 bridgehead atoms. The molecule has 0 N–H and O–H groups in total. The maximum Gasteiger partial charge on any atom is 0.345 e. The highest BCUT2D eigenvalue weighted by Crippen LogP contribution is 2.35. The second-order valence-corrected chi connectivity index (χ2v) is 9.57. The summed E-state index contributed by atoms with van der Waals surface area (Å²) in [6, 6.07) is 0. The second-order valence-electron chi connectivity index (χ2n) is 7.35. The fraction of sp³-hybridized carbons (Fsp3) is 0.875. The molecule has 2 aliphatic rings. The molecule has 1 aliphatic carbocycles. The molecule has 1 aromatic heterocycles. The van der Waals surface area contributed by atoms with Gasteiger partial charge in [0, 0.05) is 32.1 Å².